The van der Waals surface area contributed by atoms with Crippen LogP contribution in [0.5, 0.6) is 0 Å². The van der Waals surface area contributed by atoms with Gasteiger partial charge in [0.1, 0.15) is 4.90 Å². The maximum atomic E-state index is 11.4. The Morgan fingerprint density at radius 2 is 1.76 bits per heavy atom. The van der Waals surface area contributed by atoms with Crippen molar-refractivity contribution < 1.29 is 8.42 Å². The number of sulfonamides is 1. The van der Waals surface area contributed by atoms with Gasteiger partial charge in [0.15, 0.2) is 0 Å². The smallest absolute Gasteiger partial charge is 0.240 e. The third-order valence-electron chi connectivity index (χ3n) is 3.34. The van der Waals surface area contributed by atoms with Crippen molar-refractivity contribution in [1.82, 2.24) is 0 Å². The van der Waals surface area contributed by atoms with E-state index in [2.05, 4.69) is 24.4 Å². The number of nitrogen functional groups attached to an aromatic ring is 1. The molecule has 0 heterocycles. The molecule has 2 rings (SSSR count). The zero-order chi connectivity index (χ0) is 15.5. The summed E-state index contributed by atoms with van der Waals surface area (Å²) in [7, 11) is -3.81. The van der Waals surface area contributed by atoms with E-state index in [0.29, 0.717) is 12.2 Å². The first-order chi connectivity index (χ1) is 9.89. The van der Waals surface area contributed by atoms with Gasteiger partial charge >= 0.3 is 0 Å². The van der Waals surface area contributed by atoms with E-state index >= 15 is 0 Å². The molecule has 0 bridgehead atoms. The van der Waals surface area contributed by atoms with Gasteiger partial charge in [-0.15, -0.1) is 0 Å². The standard InChI is InChI=1S/C15H19N3O2S/c1-11(12-6-3-2-4-7-12)10-18-13-8-5-9-14(15(13)16)21(17,19)20/h2-9,11,18H,10,16H2,1H3,(H2,17,19,20). The van der Waals surface area contributed by atoms with Crippen LogP contribution in [0, 0.1) is 0 Å². The Labute approximate surface area is 125 Å². The molecule has 0 amide bonds. The normalized spacial score (nSPS) is 12.9. The fraction of sp³-hybridized carbons (Fsp3) is 0.200. The highest BCUT2D eigenvalue weighted by atomic mass is 32.2. The molecule has 0 aliphatic rings. The predicted octanol–water partition coefficient (Wildman–Crippen LogP) is 2.13. The van der Waals surface area contributed by atoms with E-state index in [-0.39, 0.29) is 16.5 Å². The summed E-state index contributed by atoms with van der Waals surface area (Å²) in [6.45, 7) is 2.73. The van der Waals surface area contributed by atoms with Crippen LogP contribution in [0.3, 0.4) is 0 Å². The van der Waals surface area contributed by atoms with Crippen LogP contribution in [0.1, 0.15) is 18.4 Å². The number of anilines is 2. The van der Waals surface area contributed by atoms with Crippen LogP contribution in [-0.4, -0.2) is 15.0 Å². The van der Waals surface area contributed by atoms with Gasteiger partial charge in [-0.05, 0) is 23.6 Å². The Hall–Kier alpha value is -2.05. The fourth-order valence-electron chi connectivity index (χ4n) is 2.11. The summed E-state index contributed by atoms with van der Waals surface area (Å²) in [6.07, 6.45) is 0. The third kappa shape index (κ3) is 3.74. The van der Waals surface area contributed by atoms with Gasteiger partial charge in [0.05, 0.1) is 11.4 Å². The highest BCUT2D eigenvalue weighted by Gasteiger charge is 2.15. The molecule has 2 aromatic carbocycles. The minimum absolute atomic E-state index is 0.0557. The van der Waals surface area contributed by atoms with Crippen LogP contribution in [0.2, 0.25) is 0 Å². The fourth-order valence-corrected chi connectivity index (χ4v) is 2.79. The van der Waals surface area contributed by atoms with E-state index in [4.69, 9.17) is 10.9 Å². The molecule has 0 aliphatic heterocycles. The zero-order valence-corrected chi connectivity index (χ0v) is 12.6. The number of nitrogens with one attached hydrogen (secondary N) is 1. The number of rotatable bonds is 5. The van der Waals surface area contributed by atoms with Crippen molar-refractivity contribution in [2.24, 2.45) is 5.14 Å². The molecule has 5 nitrogen and oxygen atoms in total. The monoisotopic (exact) mass is 305 g/mol. The van der Waals surface area contributed by atoms with Gasteiger partial charge in [0.25, 0.3) is 0 Å². The molecule has 1 atom stereocenters. The van der Waals surface area contributed by atoms with E-state index < -0.39 is 10.0 Å². The van der Waals surface area contributed by atoms with Gasteiger partial charge < -0.3 is 11.1 Å². The maximum absolute atomic E-state index is 11.4. The van der Waals surface area contributed by atoms with Crippen LogP contribution >= 0.6 is 0 Å². The van der Waals surface area contributed by atoms with E-state index in [1.54, 1.807) is 12.1 Å². The second-order valence-corrected chi connectivity index (χ2v) is 6.48. The van der Waals surface area contributed by atoms with Gasteiger partial charge in [-0.25, -0.2) is 13.6 Å². The lowest BCUT2D eigenvalue weighted by molar-refractivity contribution is 0.598. The molecular weight excluding hydrogens is 286 g/mol. The van der Waals surface area contributed by atoms with Crippen molar-refractivity contribution in [2.45, 2.75) is 17.7 Å². The highest BCUT2D eigenvalue weighted by Crippen LogP contribution is 2.26. The Balaban J connectivity index is 2.14. The van der Waals surface area contributed by atoms with E-state index in [0.717, 1.165) is 0 Å². The average molecular weight is 305 g/mol. The van der Waals surface area contributed by atoms with E-state index in [1.165, 1.54) is 11.6 Å². The molecule has 6 heteroatoms. The SMILES string of the molecule is CC(CNc1cccc(S(N)(=O)=O)c1N)c1ccccc1. The Kier molecular flexibility index (Phi) is 4.50. The first kappa shape index (κ1) is 15.3. The summed E-state index contributed by atoms with van der Waals surface area (Å²) < 4.78 is 22.9. The first-order valence-corrected chi connectivity index (χ1v) is 8.14. The topological polar surface area (TPSA) is 98.2 Å². The largest absolute Gasteiger partial charge is 0.396 e. The van der Waals surface area contributed by atoms with Crippen molar-refractivity contribution in [3.8, 4) is 0 Å². The second-order valence-electron chi connectivity index (χ2n) is 4.96. The molecule has 5 N–H and O–H groups in total. The zero-order valence-electron chi connectivity index (χ0n) is 11.8. The van der Waals surface area contributed by atoms with Crippen LogP contribution in [-0.2, 0) is 10.0 Å². The molecule has 0 aromatic heterocycles. The summed E-state index contributed by atoms with van der Waals surface area (Å²) in [4.78, 5) is -0.0557. The van der Waals surface area contributed by atoms with Crippen molar-refractivity contribution in [1.29, 1.82) is 0 Å². The Bertz CT molecular complexity index is 715. The van der Waals surface area contributed by atoms with Gasteiger partial charge in [-0.1, -0.05) is 43.3 Å². The van der Waals surface area contributed by atoms with Crippen molar-refractivity contribution in [3.63, 3.8) is 0 Å². The number of hydrogen-bond donors (Lipinski definition) is 3. The molecule has 0 aliphatic carbocycles. The first-order valence-electron chi connectivity index (χ1n) is 6.59. The highest BCUT2D eigenvalue weighted by molar-refractivity contribution is 7.89. The number of para-hydroxylation sites is 1. The lowest BCUT2D eigenvalue weighted by Gasteiger charge is -2.16. The lowest BCUT2D eigenvalue weighted by atomic mass is 10.0. The number of nitrogens with two attached hydrogens (primary N) is 2. The molecule has 0 saturated carbocycles. The van der Waals surface area contributed by atoms with E-state index in [1.807, 2.05) is 18.2 Å². The molecule has 1 unspecified atom stereocenters. The van der Waals surface area contributed by atoms with Crippen LogP contribution in [0.15, 0.2) is 53.4 Å². The van der Waals surface area contributed by atoms with Crippen molar-refractivity contribution in [2.75, 3.05) is 17.6 Å². The van der Waals surface area contributed by atoms with Gasteiger partial charge in [-0.2, -0.15) is 0 Å². The van der Waals surface area contributed by atoms with Crippen LogP contribution < -0.4 is 16.2 Å². The number of benzene rings is 2. The van der Waals surface area contributed by atoms with E-state index in [9.17, 15) is 8.42 Å². The third-order valence-corrected chi connectivity index (χ3v) is 4.31. The van der Waals surface area contributed by atoms with Crippen molar-refractivity contribution in [3.05, 3.63) is 54.1 Å². The second kappa shape index (κ2) is 6.15. The summed E-state index contributed by atoms with van der Waals surface area (Å²) in [6, 6.07) is 14.8. The van der Waals surface area contributed by atoms with Crippen LogP contribution in [0.25, 0.3) is 0 Å². The molecule has 21 heavy (non-hydrogen) atoms. The van der Waals surface area contributed by atoms with Crippen LogP contribution in [0.4, 0.5) is 11.4 Å². The molecule has 0 fully saturated rings. The Morgan fingerprint density at radius 1 is 1.10 bits per heavy atom. The minimum Gasteiger partial charge on any atom is -0.396 e. The van der Waals surface area contributed by atoms with Gasteiger partial charge in [0, 0.05) is 6.54 Å². The molecule has 0 radical (unpaired) electrons. The maximum Gasteiger partial charge on any atom is 0.240 e. The van der Waals surface area contributed by atoms with Gasteiger partial charge in [-0.3, -0.25) is 0 Å². The molecule has 0 spiro atoms. The summed E-state index contributed by atoms with van der Waals surface area (Å²) in [5.41, 5.74) is 7.80. The minimum atomic E-state index is -3.81. The quantitative estimate of drug-likeness (QED) is 0.737. The molecule has 0 saturated heterocycles. The lowest BCUT2D eigenvalue weighted by Crippen LogP contribution is -2.16. The molecular formula is C15H19N3O2S. The summed E-state index contributed by atoms with van der Waals surface area (Å²) in [5.74, 6) is 0.267. The summed E-state index contributed by atoms with van der Waals surface area (Å²) >= 11 is 0. The summed E-state index contributed by atoms with van der Waals surface area (Å²) in [5, 5.41) is 8.32. The molecule has 112 valence electrons. The average Bonchev–Trinajstić information content (AvgIpc) is 2.45. The molecule has 2 aromatic rings. The predicted molar refractivity (Wildman–Crippen MR) is 85.6 cm³/mol. The van der Waals surface area contributed by atoms with Crippen molar-refractivity contribution >= 4 is 21.4 Å². The number of hydrogen-bond acceptors (Lipinski definition) is 4. The Morgan fingerprint density at radius 3 is 2.38 bits per heavy atom. The number of primary sulfonamides is 1. The van der Waals surface area contributed by atoms with Gasteiger partial charge in [0.2, 0.25) is 10.0 Å².